The fourth-order valence-electron chi connectivity index (χ4n) is 2.51. The van der Waals surface area contributed by atoms with Crippen molar-refractivity contribution in [3.8, 4) is 0 Å². The molecule has 1 aromatic heterocycles. The van der Waals surface area contributed by atoms with Crippen molar-refractivity contribution in [1.29, 1.82) is 0 Å². The third kappa shape index (κ3) is 4.96. The van der Waals surface area contributed by atoms with E-state index in [0.717, 1.165) is 24.8 Å². The molecular weight excluding hydrogens is 324 g/mol. The Balaban J connectivity index is 2.15. The average molecular weight is 347 g/mol. The van der Waals surface area contributed by atoms with E-state index < -0.39 is 0 Å². The number of Topliss-reactive ketones (excluding diaryl/α,β-unsaturated/α-hetero) is 1. The molecule has 5 heteroatoms. The molecule has 0 aliphatic carbocycles. The number of H-pyrrole nitrogens is 1. The normalized spacial score (nSPS) is 10.6. The predicted octanol–water partition coefficient (Wildman–Crippen LogP) is 4.70. The zero-order valence-corrected chi connectivity index (χ0v) is 14.9. The Morgan fingerprint density at radius 3 is 2.46 bits per heavy atom. The molecule has 0 aliphatic heterocycles. The maximum atomic E-state index is 12.8. The summed E-state index contributed by atoms with van der Waals surface area (Å²) in [4.78, 5) is 29.0. The minimum Gasteiger partial charge on any atom is -0.356 e. The number of rotatable bonds is 8. The van der Waals surface area contributed by atoms with Crippen molar-refractivity contribution in [2.24, 2.45) is 0 Å². The number of unbranched alkanes of at least 4 members (excludes halogenated alkanes) is 2. The maximum Gasteiger partial charge on any atom is 0.270 e. The lowest BCUT2D eigenvalue weighted by atomic mass is 10.1. The van der Waals surface area contributed by atoms with Crippen molar-refractivity contribution in [3.63, 3.8) is 0 Å². The molecule has 0 radical (unpaired) electrons. The van der Waals surface area contributed by atoms with Crippen LogP contribution in [-0.4, -0.2) is 28.1 Å². The molecule has 1 aromatic carbocycles. The van der Waals surface area contributed by atoms with Crippen molar-refractivity contribution in [2.75, 3.05) is 6.54 Å². The molecule has 2 aromatic rings. The Bertz CT molecular complexity index is 692. The highest BCUT2D eigenvalue weighted by atomic mass is 35.5. The van der Waals surface area contributed by atoms with Gasteiger partial charge in [-0.25, -0.2) is 0 Å². The Kier molecular flexibility index (Phi) is 6.62. The number of aromatic nitrogens is 1. The van der Waals surface area contributed by atoms with Crippen LogP contribution < -0.4 is 0 Å². The standard InChI is InChI=1S/C19H23ClN2O2/c1-3-4-5-10-22(13-15-6-8-17(20)9-7-15)19(24)18-11-16(12-21-18)14(2)23/h6-9,11-12,21H,3-5,10,13H2,1-2H3. The van der Waals surface area contributed by atoms with Gasteiger partial charge >= 0.3 is 0 Å². The number of halogens is 1. The van der Waals surface area contributed by atoms with E-state index in [0.29, 0.717) is 29.4 Å². The fraction of sp³-hybridized carbons (Fsp3) is 0.368. The van der Waals surface area contributed by atoms with Crippen LogP contribution in [0.2, 0.25) is 5.02 Å². The fourth-order valence-corrected chi connectivity index (χ4v) is 2.63. The number of carbonyl (C=O) groups is 2. The van der Waals surface area contributed by atoms with Gasteiger partial charge in [0.1, 0.15) is 5.69 Å². The highest BCUT2D eigenvalue weighted by Gasteiger charge is 2.18. The molecule has 4 nitrogen and oxygen atoms in total. The molecule has 1 N–H and O–H groups in total. The molecule has 0 fully saturated rings. The van der Waals surface area contributed by atoms with Gasteiger partial charge in [0.25, 0.3) is 5.91 Å². The molecule has 0 saturated carbocycles. The molecule has 1 amide bonds. The highest BCUT2D eigenvalue weighted by Crippen LogP contribution is 2.15. The number of carbonyl (C=O) groups excluding carboxylic acids is 2. The Hall–Kier alpha value is -2.07. The highest BCUT2D eigenvalue weighted by molar-refractivity contribution is 6.30. The van der Waals surface area contributed by atoms with Crippen LogP contribution in [0.25, 0.3) is 0 Å². The van der Waals surface area contributed by atoms with Crippen LogP contribution in [-0.2, 0) is 6.54 Å². The van der Waals surface area contributed by atoms with E-state index in [1.165, 1.54) is 6.92 Å². The molecule has 0 atom stereocenters. The predicted molar refractivity (Wildman–Crippen MR) is 96.5 cm³/mol. The number of hydrogen-bond donors (Lipinski definition) is 1. The van der Waals surface area contributed by atoms with E-state index in [9.17, 15) is 9.59 Å². The third-order valence-corrected chi connectivity index (χ3v) is 4.18. The monoisotopic (exact) mass is 346 g/mol. The van der Waals surface area contributed by atoms with Crippen molar-refractivity contribution in [3.05, 3.63) is 58.4 Å². The molecule has 0 unspecified atom stereocenters. The molecule has 0 bridgehead atoms. The lowest BCUT2D eigenvalue weighted by Gasteiger charge is -2.22. The summed E-state index contributed by atoms with van der Waals surface area (Å²) in [5, 5.41) is 0.679. The van der Waals surface area contributed by atoms with Crippen LogP contribution in [0.15, 0.2) is 36.5 Å². The van der Waals surface area contributed by atoms with Gasteiger partial charge in [0.05, 0.1) is 0 Å². The van der Waals surface area contributed by atoms with Crippen molar-refractivity contribution >= 4 is 23.3 Å². The van der Waals surface area contributed by atoms with Gasteiger partial charge in [-0.3, -0.25) is 9.59 Å². The number of nitrogens with one attached hydrogen (secondary N) is 1. The minimum atomic E-state index is -0.0893. The van der Waals surface area contributed by atoms with E-state index in [1.54, 1.807) is 12.3 Å². The van der Waals surface area contributed by atoms with Gasteiger partial charge in [-0.05, 0) is 37.1 Å². The van der Waals surface area contributed by atoms with Crippen LogP contribution in [0.4, 0.5) is 0 Å². The smallest absolute Gasteiger partial charge is 0.270 e. The van der Waals surface area contributed by atoms with Crippen LogP contribution in [0.5, 0.6) is 0 Å². The lowest BCUT2D eigenvalue weighted by molar-refractivity contribution is 0.0735. The van der Waals surface area contributed by atoms with E-state index in [-0.39, 0.29) is 11.7 Å². The number of nitrogens with zero attached hydrogens (tertiary/aromatic N) is 1. The molecule has 1 heterocycles. The average Bonchev–Trinajstić information content (AvgIpc) is 3.05. The first-order chi connectivity index (χ1) is 11.5. The van der Waals surface area contributed by atoms with E-state index in [4.69, 9.17) is 11.6 Å². The quantitative estimate of drug-likeness (QED) is 0.556. The Labute approximate surface area is 147 Å². The number of ketones is 1. The summed E-state index contributed by atoms with van der Waals surface area (Å²) in [6, 6.07) is 9.14. The topological polar surface area (TPSA) is 53.2 Å². The van der Waals surface area contributed by atoms with Crippen LogP contribution >= 0.6 is 11.6 Å². The van der Waals surface area contributed by atoms with E-state index in [1.807, 2.05) is 29.2 Å². The molecular formula is C19H23ClN2O2. The van der Waals surface area contributed by atoms with Gasteiger partial charge in [0.2, 0.25) is 0 Å². The second-order valence-corrected chi connectivity index (χ2v) is 6.35. The summed E-state index contributed by atoms with van der Waals surface area (Å²) in [6.45, 7) is 4.83. The van der Waals surface area contributed by atoms with Gasteiger partial charge in [-0.2, -0.15) is 0 Å². The first-order valence-electron chi connectivity index (χ1n) is 8.24. The Morgan fingerprint density at radius 2 is 1.88 bits per heavy atom. The number of aromatic amines is 1. The van der Waals surface area contributed by atoms with Gasteiger partial charge in [0.15, 0.2) is 5.78 Å². The largest absolute Gasteiger partial charge is 0.356 e. The van der Waals surface area contributed by atoms with E-state index in [2.05, 4.69) is 11.9 Å². The summed E-state index contributed by atoms with van der Waals surface area (Å²) in [5.74, 6) is -0.144. The molecule has 0 aliphatic rings. The summed E-state index contributed by atoms with van der Waals surface area (Å²) in [5.41, 5.74) is 2.01. The lowest BCUT2D eigenvalue weighted by Crippen LogP contribution is -2.31. The zero-order valence-electron chi connectivity index (χ0n) is 14.1. The molecule has 0 spiro atoms. The molecule has 24 heavy (non-hydrogen) atoms. The van der Waals surface area contributed by atoms with Gasteiger partial charge < -0.3 is 9.88 Å². The van der Waals surface area contributed by atoms with Gasteiger partial charge in [-0.15, -0.1) is 0 Å². The van der Waals surface area contributed by atoms with E-state index >= 15 is 0 Å². The number of benzene rings is 1. The zero-order chi connectivity index (χ0) is 17.5. The SMILES string of the molecule is CCCCCN(Cc1ccc(Cl)cc1)C(=O)c1cc(C(C)=O)c[nH]1. The molecule has 0 saturated heterocycles. The van der Waals surface area contributed by atoms with Crippen molar-refractivity contribution in [2.45, 2.75) is 39.7 Å². The second kappa shape index (κ2) is 8.69. The maximum absolute atomic E-state index is 12.8. The minimum absolute atomic E-state index is 0.0551. The molecule has 128 valence electrons. The summed E-state index contributed by atoms with van der Waals surface area (Å²) in [6.07, 6.45) is 4.71. The molecule has 2 rings (SSSR count). The summed E-state index contributed by atoms with van der Waals surface area (Å²) >= 11 is 5.92. The second-order valence-electron chi connectivity index (χ2n) is 5.92. The number of amides is 1. The van der Waals surface area contributed by atoms with Gasteiger partial charge in [0, 0.05) is 29.9 Å². The summed E-state index contributed by atoms with van der Waals surface area (Å²) in [7, 11) is 0. The first-order valence-corrected chi connectivity index (χ1v) is 8.62. The van der Waals surface area contributed by atoms with Crippen LogP contribution in [0.3, 0.4) is 0 Å². The third-order valence-electron chi connectivity index (χ3n) is 3.93. The van der Waals surface area contributed by atoms with Crippen LogP contribution in [0.1, 0.15) is 59.5 Å². The van der Waals surface area contributed by atoms with Gasteiger partial charge in [-0.1, -0.05) is 43.5 Å². The van der Waals surface area contributed by atoms with Crippen molar-refractivity contribution < 1.29 is 9.59 Å². The Morgan fingerprint density at radius 1 is 1.17 bits per heavy atom. The van der Waals surface area contributed by atoms with Crippen molar-refractivity contribution in [1.82, 2.24) is 9.88 Å². The number of hydrogen-bond acceptors (Lipinski definition) is 2. The summed E-state index contributed by atoms with van der Waals surface area (Å²) < 4.78 is 0. The van der Waals surface area contributed by atoms with Crippen LogP contribution in [0, 0.1) is 0 Å². The first kappa shape index (κ1) is 18.3.